The summed E-state index contributed by atoms with van der Waals surface area (Å²) >= 11 is 0. The van der Waals surface area contributed by atoms with Gasteiger partial charge in [0.05, 0.1) is 19.8 Å². The molecule has 4 N–H and O–H groups in total. The fraction of sp³-hybridized carbons (Fsp3) is 0.929. The number of ether oxygens (including phenoxy) is 3. The van der Waals surface area contributed by atoms with Crippen LogP contribution in [0, 0.1) is 0 Å². The highest BCUT2D eigenvalue weighted by Gasteiger charge is 2.45. The maximum Gasteiger partial charge on any atom is 0.217 e. The van der Waals surface area contributed by atoms with Crippen LogP contribution in [0.3, 0.4) is 0 Å². The first kappa shape index (κ1) is 19.3. The molecule has 0 bridgehead atoms. The van der Waals surface area contributed by atoms with Crippen molar-refractivity contribution in [1.29, 1.82) is 0 Å². The van der Waals surface area contributed by atoms with Crippen molar-refractivity contribution in [1.82, 2.24) is 5.32 Å². The summed E-state index contributed by atoms with van der Waals surface area (Å²) in [6.45, 7) is 4.11. The lowest BCUT2D eigenvalue weighted by molar-refractivity contribution is -0.272. The van der Waals surface area contributed by atoms with Crippen LogP contribution in [-0.4, -0.2) is 78.3 Å². The van der Waals surface area contributed by atoms with E-state index < -0.39 is 37.3 Å². The monoisotopic (exact) mass is 321 g/mol. The summed E-state index contributed by atoms with van der Waals surface area (Å²) in [4.78, 5) is 11.2. The molecule has 130 valence electrons. The number of hydrogen-bond donors (Lipinski definition) is 4. The van der Waals surface area contributed by atoms with Gasteiger partial charge in [0.1, 0.15) is 24.4 Å². The van der Waals surface area contributed by atoms with E-state index in [2.05, 4.69) is 12.2 Å². The highest BCUT2D eigenvalue weighted by molar-refractivity contribution is 5.73. The Morgan fingerprint density at radius 3 is 2.55 bits per heavy atom. The number of carbonyl (C=O) groups is 1. The molecule has 1 fully saturated rings. The van der Waals surface area contributed by atoms with Crippen LogP contribution in [0.1, 0.15) is 26.7 Å². The van der Waals surface area contributed by atoms with E-state index in [4.69, 9.17) is 14.2 Å². The fourth-order valence-electron chi connectivity index (χ4n) is 2.18. The predicted molar refractivity (Wildman–Crippen MR) is 77.0 cm³/mol. The van der Waals surface area contributed by atoms with Crippen LogP contribution in [-0.2, 0) is 19.0 Å². The maximum absolute atomic E-state index is 11.2. The van der Waals surface area contributed by atoms with Gasteiger partial charge in [-0.2, -0.15) is 0 Å². The van der Waals surface area contributed by atoms with Crippen LogP contribution in [0.5, 0.6) is 0 Å². The summed E-state index contributed by atoms with van der Waals surface area (Å²) in [5, 5.41) is 31.6. The molecule has 1 heterocycles. The first-order valence-electron chi connectivity index (χ1n) is 7.60. The maximum atomic E-state index is 11.2. The van der Waals surface area contributed by atoms with Gasteiger partial charge in [-0.15, -0.1) is 0 Å². The minimum atomic E-state index is -1.30. The second kappa shape index (κ2) is 10.1. The van der Waals surface area contributed by atoms with Gasteiger partial charge in [-0.1, -0.05) is 13.3 Å². The molecule has 5 atom stereocenters. The van der Waals surface area contributed by atoms with Crippen LogP contribution in [0.25, 0.3) is 0 Å². The van der Waals surface area contributed by atoms with Gasteiger partial charge in [0.2, 0.25) is 5.91 Å². The van der Waals surface area contributed by atoms with E-state index in [1.807, 2.05) is 0 Å². The third kappa shape index (κ3) is 5.79. The molecule has 22 heavy (non-hydrogen) atoms. The molecule has 0 radical (unpaired) electrons. The van der Waals surface area contributed by atoms with Crippen molar-refractivity contribution in [3.8, 4) is 0 Å². The quantitative estimate of drug-likeness (QED) is 0.393. The SMILES string of the molecule is CCCCOCCOC1OC(CO)C(O)C(O)C1NC(C)=O. The highest BCUT2D eigenvalue weighted by Crippen LogP contribution is 2.22. The number of unbranched alkanes of at least 4 members (excludes halogenated alkanes) is 1. The predicted octanol–water partition coefficient (Wildman–Crippen LogP) is -1.24. The summed E-state index contributed by atoms with van der Waals surface area (Å²) < 4.78 is 16.2. The van der Waals surface area contributed by atoms with E-state index in [0.29, 0.717) is 13.2 Å². The molecule has 1 aliphatic rings. The minimum Gasteiger partial charge on any atom is -0.394 e. The lowest BCUT2D eigenvalue weighted by atomic mass is 9.97. The number of aliphatic hydroxyl groups excluding tert-OH is 3. The zero-order chi connectivity index (χ0) is 16.5. The van der Waals surface area contributed by atoms with Crippen molar-refractivity contribution in [2.24, 2.45) is 0 Å². The first-order chi connectivity index (χ1) is 10.5. The summed E-state index contributed by atoms with van der Waals surface area (Å²) in [6, 6.07) is -0.911. The fourth-order valence-corrected chi connectivity index (χ4v) is 2.18. The van der Waals surface area contributed by atoms with Crippen molar-refractivity contribution in [3.63, 3.8) is 0 Å². The number of hydrogen-bond acceptors (Lipinski definition) is 7. The Morgan fingerprint density at radius 1 is 1.23 bits per heavy atom. The molecule has 5 unspecified atom stereocenters. The van der Waals surface area contributed by atoms with Crippen LogP contribution in [0.2, 0.25) is 0 Å². The van der Waals surface area contributed by atoms with Crippen LogP contribution in [0.15, 0.2) is 0 Å². The van der Waals surface area contributed by atoms with Crippen LogP contribution >= 0.6 is 0 Å². The molecule has 1 aliphatic heterocycles. The molecular weight excluding hydrogens is 294 g/mol. The Labute approximate surface area is 130 Å². The Hall–Kier alpha value is -0.770. The van der Waals surface area contributed by atoms with E-state index in [0.717, 1.165) is 12.8 Å². The van der Waals surface area contributed by atoms with Gasteiger partial charge < -0.3 is 34.8 Å². The molecular formula is C14H27NO7. The largest absolute Gasteiger partial charge is 0.394 e. The molecule has 0 aromatic carbocycles. The summed E-state index contributed by atoms with van der Waals surface area (Å²) in [6.07, 6.45) is -2.52. The second-order valence-corrected chi connectivity index (χ2v) is 5.27. The Balaban J connectivity index is 2.52. The lowest BCUT2D eigenvalue weighted by Gasteiger charge is -2.42. The van der Waals surface area contributed by atoms with E-state index in [-0.39, 0.29) is 12.5 Å². The van der Waals surface area contributed by atoms with Crippen molar-refractivity contribution in [2.45, 2.75) is 57.3 Å². The normalized spacial score (nSPS) is 32.0. The van der Waals surface area contributed by atoms with E-state index in [1.165, 1.54) is 6.92 Å². The molecule has 1 rings (SSSR count). The first-order valence-corrected chi connectivity index (χ1v) is 7.60. The topological polar surface area (TPSA) is 117 Å². The average Bonchev–Trinajstić information content (AvgIpc) is 2.49. The van der Waals surface area contributed by atoms with E-state index >= 15 is 0 Å². The molecule has 8 heteroatoms. The summed E-state index contributed by atoms with van der Waals surface area (Å²) in [7, 11) is 0. The highest BCUT2D eigenvalue weighted by atomic mass is 16.7. The van der Waals surface area contributed by atoms with Crippen molar-refractivity contribution in [3.05, 3.63) is 0 Å². The van der Waals surface area contributed by atoms with Gasteiger partial charge in [0, 0.05) is 13.5 Å². The zero-order valence-corrected chi connectivity index (χ0v) is 13.1. The Morgan fingerprint density at radius 2 is 1.95 bits per heavy atom. The molecule has 8 nitrogen and oxygen atoms in total. The summed E-state index contributed by atoms with van der Waals surface area (Å²) in [5.41, 5.74) is 0. The van der Waals surface area contributed by atoms with E-state index in [9.17, 15) is 20.1 Å². The number of amides is 1. The van der Waals surface area contributed by atoms with Gasteiger partial charge in [-0.25, -0.2) is 0 Å². The molecule has 0 saturated carbocycles. The summed E-state index contributed by atoms with van der Waals surface area (Å²) in [5.74, 6) is -0.380. The van der Waals surface area contributed by atoms with Gasteiger partial charge in [-0.05, 0) is 6.42 Å². The van der Waals surface area contributed by atoms with Crippen LogP contribution < -0.4 is 5.32 Å². The Bertz CT molecular complexity index is 328. The molecule has 1 saturated heterocycles. The second-order valence-electron chi connectivity index (χ2n) is 5.27. The van der Waals surface area contributed by atoms with Gasteiger partial charge in [0.15, 0.2) is 6.29 Å². The smallest absolute Gasteiger partial charge is 0.217 e. The van der Waals surface area contributed by atoms with Crippen molar-refractivity contribution < 1.29 is 34.3 Å². The van der Waals surface area contributed by atoms with Crippen molar-refractivity contribution in [2.75, 3.05) is 26.4 Å². The lowest BCUT2D eigenvalue weighted by Crippen LogP contribution is -2.64. The standard InChI is InChI=1S/C14H27NO7/c1-3-4-5-20-6-7-21-14-11(15-9(2)17)13(19)12(18)10(8-16)22-14/h10-14,16,18-19H,3-8H2,1-2H3,(H,15,17). The number of nitrogens with one attached hydrogen (secondary N) is 1. The van der Waals surface area contributed by atoms with Crippen LogP contribution in [0.4, 0.5) is 0 Å². The third-order valence-corrected chi connectivity index (χ3v) is 3.40. The minimum absolute atomic E-state index is 0.214. The van der Waals surface area contributed by atoms with Gasteiger partial charge in [0.25, 0.3) is 0 Å². The molecule has 0 aromatic heterocycles. The Kier molecular flexibility index (Phi) is 8.84. The third-order valence-electron chi connectivity index (χ3n) is 3.40. The average molecular weight is 321 g/mol. The molecule has 0 spiro atoms. The molecule has 0 aromatic rings. The van der Waals surface area contributed by atoms with Crippen molar-refractivity contribution >= 4 is 5.91 Å². The zero-order valence-electron chi connectivity index (χ0n) is 13.1. The van der Waals surface area contributed by atoms with Gasteiger partial charge >= 0.3 is 0 Å². The van der Waals surface area contributed by atoms with Gasteiger partial charge in [-0.3, -0.25) is 4.79 Å². The molecule has 0 aliphatic carbocycles. The number of rotatable bonds is 9. The number of aliphatic hydroxyl groups is 3. The number of carbonyl (C=O) groups excluding carboxylic acids is 1. The van der Waals surface area contributed by atoms with E-state index in [1.54, 1.807) is 0 Å². The molecule has 1 amide bonds.